The predicted molar refractivity (Wildman–Crippen MR) is 58.5 cm³/mol. The molecule has 1 heterocycles. The number of rotatable bonds is 7. The van der Waals surface area contributed by atoms with Gasteiger partial charge in [-0.05, 0) is 6.92 Å². The molecule has 5 heteroatoms. The summed E-state index contributed by atoms with van der Waals surface area (Å²) in [5.74, 6) is 0. The minimum Gasteiger partial charge on any atom is -0.380 e. The van der Waals surface area contributed by atoms with Gasteiger partial charge in [0.15, 0.2) is 0 Å². The molecule has 0 aliphatic heterocycles. The van der Waals surface area contributed by atoms with E-state index in [4.69, 9.17) is 4.74 Å². The van der Waals surface area contributed by atoms with Gasteiger partial charge in [0.25, 0.3) is 0 Å². The highest BCUT2D eigenvalue weighted by atomic mass is 16.5. The molecule has 0 saturated heterocycles. The van der Waals surface area contributed by atoms with Gasteiger partial charge >= 0.3 is 0 Å². The molecule has 5 nitrogen and oxygen atoms in total. The van der Waals surface area contributed by atoms with Crippen LogP contribution in [0, 0.1) is 0 Å². The van der Waals surface area contributed by atoms with Crippen molar-refractivity contribution in [3.63, 3.8) is 0 Å². The maximum Gasteiger partial charge on any atom is 0.0964 e. The first-order chi connectivity index (χ1) is 7.22. The lowest BCUT2D eigenvalue weighted by Gasteiger charge is -2.04. The Labute approximate surface area is 90.8 Å². The molecule has 0 unspecified atom stereocenters. The summed E-state index contributed by atoms with van der Waals surface area (Å²) in [7, 11) is 0. The fourth-order valence-corrected chi connectivity index (χ4v) is 1.14. The van der Waals surface area contributed by atoms with Crippen LogP contribution in [0.2, 0.25) is 0 Å². The Hall–Kier alpha value is -0.940. The van der Waals surface area contributed by atoms with Crippen LogP contribution in [-0.4, -0.2) is 34.2 Å². The second-order valence-electron chi connectivity index (χ2n) is 3.71. The first kappa shape index (κ1) is 12.1. The molecule has 0 aliphatic rings. The summed E-state index contributed by atoms with van der Waals surface area (Å²) < 4.78 is 7.05. The van der Waals surface area contributed by atoms with E-state index in [2.05, 4.69) is 29.5 Å². The third-order valence-electron chi connectivity index (χ3n) is 1.95. The molecule has 1 rings (SSSR count). The van der Waals surface area contributed by atoms with Crippen molar-refractivity contribution in [1.82, 2.24) is 20.3 Å². The van der Waals surface area contributed by atoms with Crippen LogP contribution in [0.25, 0.3) is 0 Å². The van der Waals surface area contributed by atoms with E-state index in [1.54, 1.807) is 0 Å². The lowest BCUT2D eigenvalue weighted by atomic mass is 10.3. The van der Waals surface area contributed by atoms with Gasteiger partial charge in [0.05, 0.1) is 18.8 Å². The van der Waals surface area contributed by atoms with Crippen molar-refractivity contribution in [1.29, 1.82) is 0 Å². The monoisotopic (exact) mass is 212 g/mol. The Morgan fingerprint density at radius 2 is 2.33 bits per heavy atom. The first-order valence-corrected chi connectivity index (χ1v) is 5.42. The molecule has 0 amide bonds. The van der Waals surface area contributed by atoms with Crippen LogP contribution in [0.4, 0.5) is 0 Å². The number of hydrogen-bond donors (Lipinski definition) is 1. The van der Waals surface area contributed by atoms with Crippen molar-refractivity contribution in [2.24, 2.45) is 0 Å². The van der Waals surface area contributed by atoms with E-state index in [0.717, 1.165) is 25.4 Å². The van der Waals surface area contributed by atoms with Crippen LogP contribution in [0.1, 0.15) is 26.5 Å². The fourth-order valence-electron chi connectivity index (χ4n) is 1.14. The summed E-state index contributed by atoms with van der Waals surface area (Å²) in [6.07, 6.45) is 1.95. The molecule has 0 saturated carbocycles. The van der Waals surface area contributed by atoms with Gasteiger partial charge in [-0.2, -0.15) is 0 Å². The standard InChI is InChI=1S/C10H20N4O/c1-4-15-6-5-14-8-10(12-13-14)7-11-9(2)3/h8-9,11H,4-7H2,1-3H3. The van der Waals surface area contributed by atoms with Gasteiger partial charge in [-0.3, -0.25) is 0 Å². The molecule has 15 heavy (non-hydrogen) atoms. The number of ether oxygens (including phenoxy) is 1. The van der Waals surface area contributed by atoms with Gasteiger partial charge in [-0.1, -0.05) is 19.1 Å². The normalized spacial score (nSPS) is 11.2. The number of hydrogen-bond acceptors (Lipinski definition) is 4. The fraction of sp³-hybridized carbons (Fsp3) is 0.800. The van der Waals surface area contributed by atoms with E-state index < -0.39 is 0 Å². The maximum absolute atomic E-state index is 5.24. The van der Waals surface area contributed by atoms with Crippen LogP contribution in [0.15, 0.2) is 6.20 Å². The lowest BCUT2D eigenvalue weighted by molar-refractivity contribution is 0.136. The molecule has 0 atom stereocenters. The summed E-state index contributed by atoms with van der Waals surface area (Å²) in [4.78, 5) is 0. The van der Waals surface area contributed by atoms with Crippen LogP contribution >= 0.6 is 0 Å². The quantitative estimate of drug-likeness (QED) is 0.680. The van der Waals surface area contributed by atoms with E-state index in [9.17, 15) is 0 Å². The molecule has 0 aromatic carbocycles. The lowest BCUT2D eigenvalue weighted by Crippen LogP contribution is -2.21. The van der Waals surface area contributed by atoms with Gasteiger partial charge in [0, 0.05) is 25.4 Å². The van der Waals surface area contributed by atoms with E-state index in [0.29, 0.717) is 12.6 Å². The SMILES string of the molecule is CCOCCn1cc(CNC(C)C)nn1. The summed E-state index contributed by atoms with van der Waals surface area (Å²) in [5, 5.41) is 11.4. The Bertz CT molecular complexity index is 272. The first-order valence-electron chi connectivity index (χ1n) is 5.42. The van der Waals surface area contributed by atoms with Crippen LogP contribution in [0.5, 0.6) is 0 Å². The van der Waals surface area contributed by atoms with Crippen molar-refractivity contribution < 1.29 is 4.74 Å². The molecule has 1 aromatic heterocycles. The number of aromatic nitrogens is 3. The average molecular weight is 212 g/mol. The molecule has 0 radical (unpaired) electrons. The van der Waals surface area contributed by atoms with Crippen LogP contribution in [0.3, 0.4) is 0 Å². The largest absolute Gasteiger partial charge is 0.380 e. The third kappa shape index (κ3) is 4.90. The highest BCUT2D eigenvalue weighted by molar-refractivity contribution is 4.91. The Morgan fingerprint density at radius 1 is 1.53 bits per heavy atom. The van der Waals surface area contributed by atoms with Crippen molar-refractivity contribution in [3.8, 4) is 0 Å². The van der Waals surface area contributed by atoms with E-state index in [1.807, 2.05) is 17.8 Å². The summed E-state index contributed by atoms with van der Waals surface area (Å²) >= 11 is 0. The van der Waals surface area contributed by atoms with E-state index >= 15 is 0 Å². The van der Waals surface area contributed by atoms with Crippen molar-refractivity contribution in [3.05, 3.63) is 11.9 Å². The van der Waals surface area contributed by atoms with Crippen molar-refractivity contribution in [2.75, 3.05) is 13.2 Å². The molecule has 0 aliphatic carbocycles. The molecule has 0 bridgehead atoms. The number of nitrogens with zero attached hydrogens (tertiary/aromatic N) is 3. The Kier molecular flexibility index (Phi) is 5.28. The number of nitrogens with one attached hydrogen (secondary N) is 1. The smallest absolute Gasteiger partial charge is 0.0964 e. The van der Waals surface area contributed by atoms with Crippen LogP contribution in [-0.2, 0) is 17.8 Å². The molecule has 1 N–H and O–H groups in total. The molecule has 86 valence electrons. The Balaban J connectivity index is 2.29. The topological polar surface area (TPSA) is 52.0 Å². The second-order valence-corrected chi connectivity index (χ2v) is 3.71. The summed E-state index contributed by atoms with van der Waals surface area (Å²) in [6, 6.07) is 0.471. The third-order valence-corrected chi connectivity index (χ3v) is 1.95. The van der Waals surface area contributed by atoms with E-state index in [-0.39, 0.29) is 0 Å². The molecule has 0 spiro atoms. The minimum absolute atomic E-state index is 0.471. The summed E-state index contributed by atoms with van der Waals surface area (Å²) in [6.45, 7) is 9.18. The van der Waals surface area contributed by atoms with Crippen molar-refractivity contribution >= 4 is 0 Å². The van der Waals surface area contributed by atoms with Gasteiger partial charge in [0.1, 0.15) is 0 Å². The summed E-state index contributed by atoms with van der Waals surface area (Å²) in [5.41, 5.74) is 0.972. The van der Waals surface area contributed by atoms with E-state index in [1.165, 1.54) is 0 Å². The second kappa shape index (κ2) is 6.53. The van der Waals surface area contributed by atoms with Gasteiger partial charge in [-0.25, -0.2) is 4.68 Å². The van der Waals surface area contributed by atoms with Crippen LogP contribution < -0.4 is 5.32 Å². The maximum atomic E-state index is 5.24. The predicted octanol–water partition coefficient (Wildman–Crippen LogP) is 0.813. The minimum atomic E-state index is 0.471. The highest BCUT2D eigenvalue weighted by Crippen LogP contribution is 1.93. The zero-order chi connectivity index (χ0) is 11.1. The molecule has 0 fully saturated rings. The van der Waals surface area contributed by atoms with Gasteiger partial charge in [0.2, 0.25) is 0 Å². The highest BCUT2D eigenvalue weighted by Gasteiger charge is 2.01. The van der Waals surface area contributed by atoms with Gasteiger partial charge < -0.3 is 10.1 Å². The molecular weight excluding hydrogens is 192 g/mol. The average Bonchev–Trinajstić information content (AvgIpc) is 2.63. The Morgan fingerprint density at radius 3 is 3.00 bits per heavy atom. The van der Waals surface area contributed by atoms with Gasteiger partial charge in [-0.15, -0.1) is 5.10 Å². The zero-order valence-corrected chi connectivity index (χ0v) is 9.73. The van der Waals surface area contributed by atoms with Crippen molar-refractivity contribution in [2.45, 2.75) is 39.9 Å². The molecular formula is C10H20N4O. The molecule has 1 aromatic rings. The zero-order valence-electron chi connectivity index (χ0n) is 9.73.